The average Bonchev–Trinajstić information content (AvgIpc) is 3.64. The molecule has 0 saturated carbocycles. The van der Waals surface area contributed by atoms with Crippen LogP contribution in [0.5, 0.6) is 5.75 Å². The van der Waals surface area contributed by atoms with Gasteiger partial charge in [0.1, 0.15) is 11.8 Å². The first-order valence-corrected chi connectivity index (χ1v) is 17.5. The van der Waals surface area contributed by atoms with Gasteiger partial charge in [-0.1, -0.05) is 109 Å². The molecule has 9 heteroatoms. The Morgan fingerprint density at radius 3 is 2.33 bits per heavy atom. The summed E-state index contributed by atoms with van der Waals surface area (Å²) in [5.41, 5.74) is 6.09. The number of aliphatic imine (C=N–C) groups is 2. The molecule has 0 aromatic heterocycles. The van der Waals surface area contributed by atoms with Crippen molar-refractivity contribution in [3.05, 3.63) is 161 Å². The van der Waals surface area contributed by atoms with E-state index in [2.05, 4.69) is 21.9 Å². The summed E-state index contributed by atoms with van der Waals surface area (Å²) in [6.45, 7) is 2.07. The predicted octanol–water partition coefficient (Wildman–Crippen LogP) is 5.51. The van der Waals surface area contributed by atoms with Crippen molar-refractivity contribution in [1.82, 2.24) is 4.90 Å². The maximum atomic E-state index is 13.9. The molecular weight excluding hydrogens is 695 g/mol. The van der Waals surface area contributed by atoms with Crippen LogP contribution in [0.2, 0.25) is 0 Å². The monoisotopic (exact) mass is 734 g/mol. The van der Waals surface area contributed by atoms with Gasteiger partial charge in [-0.25, -0.2) is 0 Å². The van der Waals surface area contributed by atoms with Gasteiger partial charge in [0.25, 0.3) is 0 Å². The number of hydrogen-bond donors (Lipinski definition) is 0. The van der Waals surface area contributed by atoms with Crippen molar-refractivity contribution in [2.24, 2.45) is 9.98 Å². The van der Waals surface area contributed by atoms with Crippen LogP contribution in [0.4, 0.5) is 11.4 Å². The SMILES string of the molecule is COc1cccc(N2CCc3ccccc3[C@@H]2[C@H](N=C(c2ccccc2)c2ccccc2N=C([O-])[C@@H]2CCCN2Cc2ccccc2)C(=O)[O-])c1.[Ni+2]. The van der Waals surface area contributed by atoms with Gasteiger partial charge in [-0.05, 0) is 66.6 Å². The van der Waals surface area contributed by atoms with Crippen LogP contribution < -0.4 is 19.8 Å². The number of carboxylic acids is 1. The molecule has 2 aliphatic heterocycles. The number of likely N-dealkylation sites (tertiary alicyclic amines) is 1. The normalized spacial score (nSPS) is 18.3. The van der Waals surface area contributed by atoms with E-state index >= 15 is 0 Å². The number of fused-ring (bicyclic) bond motifs is 1. The van der Waals surface area contributed by atoms with Crippen molar-refractivity contribution in [2.75, 3.05) is 25.1 Å². The summed E-state index contributed by atoms with van der Waals surface area (Å²) in [4.78, 5) is 27.5. The van der Waals surface area contributed by atoms with Crippen LogP contribution in [0.25, 0.3) is 0 Å². The Balaban J connectivity index is 0.00000464. The molecule has 8 nitrogen and oxygen atoms in total. The van der Waals surface area contributed by atoms with Crippen LogP contribution in [-0.4, -0.2) is 54.8 Å². The van der Waals surface area contributed by atoms with Crippen molar-refractivity contribution in [3.8, 4) is 5.75 Å². The molecule has 0 spiro atoms. The number of methoxy groups -OCH3 is 1. The zero-order valence-electron chi connectivity index (χ0n) is 28.9. The van der Waals surface area contributed by atoms with Crippen LogP contribution in [0.1, 0.15) is 46.7 Å². The van der Waals surface area contributed by atoms with E-state index < -0.39 is 18.1 Å². The standard InChI is InChI=1S/C43H42N4O4.Ni/c1-51-34-20-12-19-33(28-34)47-27-25-31-16-8-9-21-35(31)41(47)40(43(49)50)45-39(32-17-6-3-7-18-32)36-22-10-11-23-37(36)44-42(48)38-24-13-26-46(38)29-30-14-4-2-5-15-30;/h2-12,14-23,28,38,40-41H,13,24-27,29H2,1H3,(H,44,48)(H,49,50);/q;+2/p-2/t38-,40-,41+;/m0./s1. The third kappa shape index (κ3) is 7.96. The Labute approximate surface area is 315 Å². The van der Waals surface area contributed by atoms with Gasteiger partial charge >= 0.3 is 16.5 Å². The molecule has 2 heterocycles. The predicted molar refractivity (Wildman–Crippen MR) is 198 cm³/mol. The molecule has 2 aliphatic rings. The maximum Gasteiger partial charge on any atom is 2.00 e. The van der Waals surface area contributed by atoms with Crippen LogP contribution in [-0.2, 0) is 34.3 Å². The molecule has 1 saturated heterocycles. The van der Waals surface area contributed by atoms with Gasteiger partial charge in [0.05, 0.1) is 30.5 Å². The van der Waals surface area contributed by atoms with Crippen LogP contribution in [0, 0.1) is 0 Å². The zero-order chi connectivity index (χ0) is 35.2. The van der Waals surface area contributed by atoms with Gasteiger partial charge in [0, 0.05) is 42.0 Å². The summed E-state index contributed by atoms with van der Waals surface area (Å²) in [7, 11) is 1.61. The van der Waals surface area contributed by atoms with E-state index in [9.17, 15) is 15.0 Å². The summed E-state index contributed by atoms with van der Waals surface area (Å²) in [6, 6.07) is 40.2. The largest absolute Gasteiger partial charge is 2.00 e. The van der Waals surface area contributed by atoms with Crippen molar-refractivity contribution in [3.63, 3.8) is 0 Å². The van der Waals surface area contributed by atoms with Gasteiger partial charge in [-0.2, -0.15) is 0 Å². The minimum atomic E-state index is -1.31. The Kier molecular flexibility index (Phi) is 11.8. The molecule has 266 valence electrons. The number of ether oxygens (including phenoxy) is 1. The zero-order valence-corrected chi connectivity index (χ0v) is 29.9. The summed E-state index contributed by atoms with van der Waals surface area (Å²) in [6.07, 6.45) is 2.38. The van der Waals surface area contributed by atoms with Crippen molar-refractivity contribution >= 4 is 29.0 Å². The Hall–Kier alpha value is -5.24. The number of rotatable bonds is 11. The molecule has 5 aromatic rings. The van der Waals surface area contributed by atoms with Crippen LogP contribution in [0.15, 0.2) is 143 Å². The summed E-state index contributed by atoms with van der Waals surface area (Å²) in [5, 5.41) is 27.3. The second-order valence-electron chi connectivity index (χ2n) is 13.0. The van der Waals surface area contributed by atoms with Crippen LogP contribution >= 0.6 is 0 Å². The van der Waals surface area contributed by atoms with Crippen molar-refractivity contribution in [1.29, 1.82) is 0 Å². The second-order valence-corrected chi connectivity index (χ2v) is 13.0. The molecule has 5 aromatic carbocycles. The fourth-order valence-corrected chi connectivity index (χ4v) is 7.38. The Bertz CT molecular complexity index is 2040. The number of hydrogen-bond acceptors (Lipinski definition) is 8. The van der Waals surface area contributed by atoms with E-state index in [1.165, 1.54) is 0 Å². The quantitative estimate of drug-likeness (QED) is 0.101. The van der Waals surface area contributed by atoms with Crippen molar-refractivity contribution < 1.29 is 36.2 Å². The summed E-state index contributed by atoms with van der Waals surface area (Å²) >= 11 is 0. The fourth-order valence-electron chi connectivity index (χ4n) is 7.38. The molecule has 0 amide bonds. The van der Waals surface area contributed by atoms with E-state index in [1.807, 2.05) is 115 Å². The number of carbonyl (C=O) groups excluding carboxylic acids is 1. The molecule has 7 rings (SSSR count). The first kappa shape index (κ1) is 36.6. The molecule has 0 aliphatic carbocycles. The summed E-state index contributed by atoms with van der Waals surface area (Å²) in [5.74, 6) is -0.843. The van der Waals surface area contributed by atoms with E-state index in [4.69, 9.17) is 14.7 Å². The molecule has 0 unspecified atom stereocenters. The van der Waals surface area contributed by atoms with Gasteiger partial charge in [0.15, 0.2) is 0 Å². The first-order chi connectivity index (χ1) is 25.0. The van der Waals surface area contributed by atoms with Crippen LogP contribution in [0.3, 0.4) is 0 Å². The average molecular weight is 736 g/mol. The summed E-state index contributed by atoms with van der Waals surface area (Å²) < 4.78 is 5.53. The van der Waals surface area contributed by atoms with E-state index in [0.717, 1.165) is 48.2 Å². The fraction of sp³-hybridized carbons (Fsp3) is 0.233. The van der Waals surface area contributed by atoms with E-state index in [-0.39, 0.29) is 28.4 Å². The molecule has 1 fully saturated rings. The smallest absolute Gasteiger partial charge is 0.861 e. The third-order valence-electron chi connectivity index (χ3n) is 9.84. The molecule has 0 bridgehead atoms. The number of para-hydroxylation sites is 1. The van der Waals surface area contributed by atoms with Gasteiger partial charge < -0.3 is 24.6 Å². The topological polar surface area (TPSA) is 104 Å². The van der Waals surface area contributed by atoms with E-state index in [0.29, 0.717) is 41.4 Å². The van der Waals surface area contributed by atoms with Crippen molar-refractivity contribution in [2.45, 2.75) is 43.9 Å². The first-order valence-electron chi connectivity index (χ1n) is 17.5. The van der Waals surface area contributed by atoms with Gasteiger partial charge in [0.2, 0.25) is 0 Å². The number of benzene rings is 5. The molecule has 0 N–H and O–H groups in total. The third-order valence-corrected chi connectivity index (χ3v) is 9.84. The molecular formula is C43H40N4NiO4. The number of aliphatic carboxylic acids is 1. The number of carbonyl (C=O) groups is 1. The number of carboxylic acid groups (broad SMARTS) is 1. The second kappa shape index (κ2) is 16.9. The number of anilines is 1. The van der Waals surface area contributed by atoms with Gasteiger partial charge in [-0.3, -0.25) is 14.9 Å². The Morgan fingerprint density at radius 2 is 1.56 bits per heavy atom. The van der Waals surface area contributed by atoms with Gasteiger partial charge in [-0.15, -0.1) is 0 Å². The molecule has 0 radical (unpaired) electrons. The molecule has 52 heavy (non-hydrogen) atoms. The molecule has 3 atom stereocenters. The maximum absolute atomic E-state index is 13.9. The minimum Gasteiger partial charge on any atom is -0.861 e. The Morgan fingerprint density at radius 1 is 0.846 bits per heavy atom. The van der Waals surface area contributed by atoms with E-state index in [1.54, 1.807) is 13.2 Å². The minimum absolute atomic E-state index is 0. The number of nitrogens with zero attached hydrogens (tertiary/aromatic N) is 4.